The molecule has 2 saturated carbocycles. The Morgan fingerprint density at radius 1 is 1.03 bits per heavy atom. The van der Waals surface area contributed by atoms with Gasteiger partial charge in [-0.3, -0.25) is 4.79 Å². The van der Waals surface area contributed by atoms with Crippen LogP contribution >= 0.6 is 0 Å². The maximum atomic E-state index is 13.0. The molecule has 2 aliphatic carbocycles. The monoisotopic (exact) mass is 504 g/mol. The lowest BCUT2D eigenvalue weighted by Crippen LogP contribution is -2.52. The van der Waals surface area contributed by atoms with Gasteiger partial charge in [0.1, 0.15) is 11.3 Å². The van der Waals surface area contributed by atoms with Crippen LogP contribution in [0.1, 0.15) is 81.1 Å². The molecule has 4 aliphatic rings. The van der Waals surface area contributed by atoms with E-state index in [0.29, 0.717) is 37.3 Å². The Hall–Kier alpha value is -2.36. The van der Waals surface area contributed by atoms with Crippen LogP contribution in [0, 0.1) is 5.92 Å². The summed E-state index contributed by atoms with van der Waals surface area (Å²) in [6.45, 7) is 1.74. The number of amides is 1. The van der Waals surface area contributed by atoms with Crippen molar-refractivity contribution in [3.05, 3.63) is 18.0 Å². The summed E-state index contributed by atoms with van der Waals surface area (Å²) in [4.78, 5) is 24.4. The van der Waals surface area contributed by atoms with Gasteiger partial charge in [0.25, 0.3) is 5.91 Å². The summed E-state index contributed by atoms with van der Waals surface area (Å²) in [5.74, 6) is -0.594. The van der Waals surface area contributed by atoms with E-state index in [0.717, 1.165) is 62.4 Å². The van der Waals surface area contributed by atoms with Crippen LogP contribution in [0.5, 0.6) is 0 Å². The Morgan fingerprint density at radius 2 is 1.75 bits per heavy atom. The predicted octanol–water partition coefficient (Wildman–Crippen LogP) is 4.83. The van der Waals surface area contributed by atoms with E-state index in [9.17, 15) is 18.0 Å². The second kappa shape index (κ2) is 9.19. The maximum Gasteiger partial charge on any atom is 0.391 e. The summed E-state index contributed by atoms with van der Waals surface area (Å²) in [6, 6.07) is 2.52. The largest absolute Gasteiger partial charge is 0.391 e. The summed E-state index contributed by atoms with van der Waals surface area (Å²) in [6.07, 6.45) is 7.66. The SMILES string of the molecule is O=C1NCC2(CCCCC2)n2c1cc1cnc(NC3CCC(N4CCC(C(F)(F)F)CC4)CC3)nc12. The van der Waals surface area contributed by atoms with E-state index in [1.54, 1.807) is 0 Å². The molecular formula is C26H35F3N6O. The molecule has 2 aromatic heterocycles. The lowest BCUT2D eigenvalue weighted by atomic mass is 9.80. The molecule has 1 saturated heterocycles. The van der Waals surface area contributed by atoms with Crippen molar-refractivity contribution in [1.29, 1.82) is 0 Å². The van der Waals surface area contributed by atoms with Crippen molar-refractivity contribution >= 4 is 22.9 Å². The van der Waals surface area contributed by atoms with E-state index >= 15 is 0 Å². The predicted molar refractivity (Wildman–Crippen MR) is 131 cm³/mol. The highest BCUT2D eigenvalue weighted by atomic mass is 19.4. The average Bonchev–Trinajstić information content (AvgIpc) is 3.28. The standard InChI is InChI=1S/C26H35F3N6O/c27-26(28,29)18-8-12-34(13-9-18)20-6-4-19(5-7-20)32-24-30-15-17-14-21-23(36)31-16-25(10-2-1-3-11-25)35(21)22(17)33-24/h14-15,18-20H,1-13,16H2,(H,31,36)(H,30,32,33). The molecule has 4 heterocycles. The number of nitrogens with one attached hydrogen (secondary N) is 2. The number of fused-ring (bicyclic) bond motifs is 4. The third kappa shape index (κ3) is 4.35. The highest BCUT2D eigenvalue weighted by Crippen LogP contribution is 2.41. The fraction of sp³-hybridized carbons (Fsp3) is 0.731. The van der Waals surface area contributed by atoms with E-state index in [2.05, 4.69) is 25.1 Å². The Labute approximate surface area is 209 Å². The molecule has 2 aromatic rings. The number of nitrogens with zero attached hydrogens (tertiary/aromatic N) is 4. The number of anilines is 1. The summed E-state index contributed by atoms with van der Waals surface area (Å²) in [5, 5.41) is 7.51. The quantitative estimate of drug-likeness (QED) is 0.626. The summed E-state index contributed by atoms with van der Waals surface area (Å²) < 4.78 is 41.2. The van der Waals surface area contributed by atoms with Gasteiger partial charge in [0.05, 0.1) is 11.5 Å². The van der Waals surface area contributed by atoms with Crippen LogP contribution in [0.2, 0.25) is 0 Å². The maximum absolute atomic E-state index is 13.0. The van der Waals surface area contributed by atoms with Crippen molar-refractivity contribution in [3.8, 4) is 0 Å². The summed E-state index contributed by atoms with van der Waals surface area (Å²) in [7, 11) is 0. The van der Waals surface area contributed by atoms with E-state index in [1.165, 1.54) is 6.42 Å². The van der Waals surface area contributed by atoms with Crippen molar-refractivity contribution in [1.82, 2.24) is 24.8 Å². The topological polar surface area (TPSA) is 75.1 Å². The van der Waals surface area contributed by atoms with E-state index in [-0.39, 0.29) is 30.3 Å². The van der Waals surface area contributed by atoms with Crippen molar-refractivity contribution in [2.24, 2.45) is 5.92 Å². The number of rotatable bonds is 3. The minimum Gasteiger partial charge on any atom is -0.351 e. The van der Waals surface area contributed by atoms with Crippen LogP contribution in [0.15, 0.2) is 12.3 Å². The number of carbonyl (C=O) groups is 1. The fourth-order valence-electron chi connectivity index (χ4n) is 7.09. The molecule has 6 rings (SSSR count). The zero-order valence-electron chi connectivity index (χ0n) is 20.6. The third-order valence-electron chi connectivity index (χ3n) is 9.15. The first-order valence-corrected chi connectivity index (χ1v) is 13.6. The van der Waals surface area contributed by atoms with Crippen molar-refractivity contribution < 1.29 is 18.0 Å². The molecule has 3 fully saturated rings. The molecule has 2 aliphatic heterocycles. The molecule has 10 heteroatoms. The van der Waals surface area contributed by atoms with Gasteiger partial charge in [-0.2, -0.15) is 18.2 Å². The second-order valence-corrected chi connectivity index (χ2v) is 11.3. The van der Waals surface area contributed by atoms with Gasteiger partial charge in [-0.05, 0) is 70.5 Å². The molecule has 0 bridgehead atoms. The lowest BCUT2D eigenvalue weighted by molar-refractivity contribution is -0.186. The summed E-state index contributed by atoms with van der Waals surface area (Å²) in [5.41, 5.74) is 1.41. The Morgan fingerprint density at radius 3 is 2.44 bits per heavy atom. The van der Waals surface area contributed by atoms with Crippen LogP contribution in [-0.2, 0) is 5.54 Å². The van der Waals surface area contributed by atoms with Gasteiger partial charge in [0, 0.05) is 30.2 Å². The fourth-order valence-corrected chi connectivity index (χ4v) is 7.09. The molecule has 7 nitrogen and oxygen atoms in total. The Balaban J connectivity index is 1.13. The molecule has 1 amide bonds. The van der Waals surface area contributed by atoms with E-state index < -0.39 is 12.1 Å². The van der Waals surface area contributed by atoms with E-state index in [4.69, 9.17) is 4.98 Å². The number of halogens is 3. The second-order valence-electron chi connectivity index (χ2n) is 11.3. The van der Waals surface area contributed by atoms with Gasteiger partial charge in [-0.1, -0.05) is 19.3 Å². The number of aromatic nitrogens is 3. The first-order valence-electron chi connectivity index (χ1n) is 13.6. The lowest BCUT2D eigenvalue weighted by Gasteiger charge is -2.43. The minimum atomic E-state index is -4.06. The van der Waals surface area contributed by atoms with E-state index in [1.807, 2.05) is 12.3 Å². The molecular weight excluding hydrogens is 469 g/mol. The van der Waals surface area contributed by atoms with Crippen molar-refractivity contribution in [3.63, 3.8) is 0 Å². The van der Waals surface area contributed by atoms with Crippen LogP contribution in [0.25, 0.3) is 11.0 Å². The van der Waals surface area contributed by atoms with Gasteiger partial charge in [-0.25, -0.2) is 4.98 Å². The summed E-state index contributed by atoms with van der Waals surface area (Å²) >= 11 is 0. The number of likely N-dealkylation sites (tertiary alicyclic amines) is 1. The molecule has 0 aromatic carbocycles. The third-order valence-corrected chi connectivity index (χ3v) is 9.15. The number of hydrogen-bond donors (Lipinski definition) is 2. The highest BCUT2D eigenvalue weighted by Gasteiger charge is 2.43. The van der Waals surface area contributed by atoms with Gasteiger partial charge in [0.15, 0.2) is 0 Å². The molecule has 0 atom stereocenters. The molecule has 196 valence electrons. The van der Waals surface area contributed by atoms with Gasteiger partial charge in [0.2, 0.25) is 5.95 Å². The molecule has 36 heavy (non-hydrogen) atoms. The smallest absolute Gasteiger partial charge is 0.351 e. The van der Waals surface area contributed by atoms with Gasteiger partial charge >= 0.3 is 6.18 Å². The Bertz CT molecular complexity index is 1110. The number of carbonyl (C=O) groups excluding carboxylic acids is 1. The van der Waals surface area contributed by atoms with Crippen molar-refractivity contribution in [2.75, 3.05) is 25.0 Å². The van der Waals surface area contributed by atoms with Crippen LogP contribution in [-0.4, -0.2) is 63.2 Å². The minimum absolute atomic E-state index is 0.0451. The first-order chi connectivity index (χ1) is 17.3. The van der Waals surface area contributed by atoms with Crippen LogP contribution in [0.3, 0.4) is 0 Å². The van der Waals surface area contributed by atoms with Crippen LogP contribution < -0.4 is 10.6 Å². The average molecular weight is 505 g/mol. The van der Waals surface area contributed by atoms with Crippen molar-refractivity contribution in [2.45, 2.75) is 94.4 Å². The normalized spacial score (nSPS) is 27.7. The number of alkyl halides is 3. The number of hydrogen-bond acceptors (Lipinski definition) is 5. The zero-order valence-corrected chi connectivity index (χ0v) is 20.6. The number of piperidine rings is 1. The van der Waals surface area contributed by atoms with Gasteiger partial charge < -0.3 is 20.1 Å². The molecule has 0 radical (unpaired) electrons. The first kappa shape index (κ1) is 24.0. The van der Waals surface area contributed by atoms with Gasteiger partial charge in [-0.15, -0.1) is 0 Å². The van der Waals surface area contributed by atoms with Crippen LogP contribution in [0.4, 0.5) is 19.1 Å². The zero-order chi connectivity index (χ0) is 24.9. The molecule has 2 N–H and O–H groups in total. The molecule has 1 spiro atoms. The molecule has 0 unspecified atom stereocenters. The Kier molecular flexibility index (Phi) is 6.13. The highest BCUT2D eigenvalue weighted by molar-refractivity contribution is 5.99.